The van der Waals surface area contributed by atoms with Gasteiger partial charge in [-0.2, -0.15) is 0 Å². The van der Waals surface area contributed by atoms with Crippen molar-refractivity contribution in [2.24, 2.45) is 0 Å². The summed E-state index contributed by atoms with van der Waals surface area (Å²) in [6.45, 7) is 12.0. The summed E-state index contributed by atoms with van der Waals surface area (Å²) < 4.78 is 5.52. The van der Waals surface area contributed by atoms with Crippen molar-refractivity contribution < 1.29 is 4.74 Å². The summed E-state index contributed by atoms with van der Waals surface area (Å²) in [6.07, 6.45) is 6.74. The van der Waals surface area contributed by atoms with Crippen molar-refractivity contribution in [2.75, 3.05) is 6.61 Å². The Balaban J connectivity index is 4.03. The van der Waals surface area contributed by atoms with Crippen LogP contribution < -0.4 is 0 Å². The van der Waals surface area contributed by atoms with Gasteiger partial charge in [-0.15, -0.1) is 6.58 Å². The topological polar surface area (TPSA) is 9.23 Å². The fraction of sp³-hybridized carbons (Fsp3) is 0.455. The number of hydrogen-bond acceptors (Lipinski definition) is 1. The van der Waals surface area contributed by atoms with Gasteiger partial charge < -0.3 is 4.74 Å². The van der Waals surface area contributed by atoms with Gasteiger partial charge in [0.2, 0.25) is 0 Å². The van der Waals surface area contributed by atoms with Gasteiger partial charge >= 0.3 is 0 Å². The molecule has 0 aliphatic carbocycles. The minimum absolute atomic E-state index is 0.209. The van der Waals surface area contributed by atoms with Gasteiger partial charge in [-0.1, -0.05) is 31.7 Å². The molecule has 0 spiro atoms. The van der Waals surface area contributed by atoms with Crippen molar-refractivity contribution in [2.45, 2.75) is 26.4 Å². The van der Waals surface area contributed by atoms with Gasteiger partial charge in [-0.05, 0) is 18.9 Å². The number of allylic oxidation sites excluding steroid dienone is 2. The lowest BCUT2D eigenvalue weighted by Crippen LogP contribution is -2.12. The van der Waals surface area contributed by atoms with Crippen LogP contribution in [-0.2, 0) is 4.74 Å². The van der Waals surface area contributed by atoms with Crippen molar-refractivity contribution in [1.82, 2.24) is 0 Å². The van der Waals surface area contributed by atoms with Crippen LogP contribution in [0.15, 0.2) is 37.0 Å². The van der Waals surface area contributed by atoms with Gasteiger partial charge in [0.05, 0.1) is 12.7 Å². The molecule has 0 rings (SSSR count). The molecule has 0 saturated heterocycles. The number of ether oxygens (including phenoxy) is 1. The van der Waals surface area contributed by atoms with Crippen molar-refractivity contribution in [3.8, 4) is 0 Å². The molecule has 0 amide bonds. The van der Waals surface area contributed by atoms with Crippen LogP contribution in [0.3, 0.4) is 0 Å². The van der Waals surface area contributed by atoms with E-state index < -0.39 is 0 Å². The molecule has 68 valence electrons. The summed E-state index contributed by atoms with van der Waals surface area (Å²) >= 11 is 0. The highest BCUT2D eigenvalue weighted by molar-refractivity contribution is 5.12. The third-order valence-electron chi connectivity index (χ3n) is 1.67. The maximum atomic E-state index is 5.52. The van der Waals surface area contributed by atoms with Crippen molar-refractivity contribution in [3.05, 3.63) is 37.0 Å². The molecule has 0 aromatic rings. The molecule has 1 atom stereocenters. The monoisotopic (exact) mass is 166 g/mol. The predicted molar refractivity (Wildman–Crippen MR) is 54.2 cm³/mol. The minimum atomic E-state index is 0.209. The van der Waals surface area contributed by atoms with Crippen molar-refractivity contribution >= 4 is 0 Å². The highest BCUT2D eigenvalue weighted by atomic mass is 16.5. The Hall–Kier alpha value is -0.820. The van der Waals surface area contributed by atoms with E-state index in [9.17, 15) is 0 Å². The van der Waals surface area contributed by atoms with E-state index in [1.807, 2.05) is 6.08 Å². The van der Waals surface area contributed by atoms with Crippen molar-refractivity contribution in [3.63, 3.8) is 0 Å². The first-order chi connectivity index (χ1) is 5.76. The normalized spacial score (nSPS) is 14.0. The third-order valence-corrected chi connectivity index (χ3v) is 1.67. The van der Waals surface area contributed by atoms with Gasteiger partial charge in [0, 0.05) is 0 Å². The van der Waals surface area contributed by atoms with E-state index in [-0.39, 0.29) is 6.10 Å². The molecule has 0 N–H and O–H groups in total. The number of rotatable bonds is 6. The molecular formula is C11H18O. The Kier molecular flexibility index (Phi) is 6.39. The molecule has 0 aromatic heterocycles. The molecule has 0 bridgehead atoms. The Bertz CT molecular complexity index is 168. The molecule has 0 aromatic carbocycles. The predicted octanol–water partition coefficient (Wildman–Crippen LogP) is 3.10. The largest absolute Gasteiger partial charge is 0.370 e. The minimum Gasteiger partial charge on any atom is -0.370 e. The van der Waals surface area contributed by atoms with Gasteiger partial charge in [0.1, 0.15) is 0 Å². The summed E-state index contributed by atoms with van der Waals surface area (Å²) in [6, 6.07) is 0. The zero-order valence-corrected chi connectivity index (χ0v) is 8.05. The van der Waals surface area contributed by atoms with Gasteiger partial charge in [0.25, 0.3) is 0 Å². The van der Waals surface area contributed by atoms with E-state index in [0.29, 0.717) is 6.61 Å². The van der Waals surface area contributed by atoms with Gasteiger partial charge in [-0.3, -0.25) is 0 Å². The quantitative estimate of drug-likeness (QED) is 0.435. The Labute approximate surface area is 75.4 Å². The second-order valence-electron chi connectivity index (χ2n) is 2.67. The van der Waals surface area contributed by atoms with Crippen LogP contribution in [-0.4, -0.2) is 12.7 Å². The SMILES string of the molecule is C=C/C=C(\C)[C@H](CC)OCC=C. The summed E-state index contributed by atoms with van der Waals surface area (Å²) in [5.74, 6) is 0. The Morgan fingerprint density at radius 3 is 2.58 bits per heavy atom. The standard InChI is InChI=1S/C11H18O/c1-5-8-10(4)11(7-3)12-9-6-2/h5-6,8,11H,1-2,7,9H2,3-4H3/b10-8+/t11-/m0/s1. The second kappa shape index (κ2) is 6.86. The average molecular weight is 166 g/mol. The van der Waals surface area contributed by atoms with Crippen LogP contribution >= 0.6 is 0 Å². The fourth-order valence-corrected chi connectivity index (χ4v) is 1.05. The smallest absolute Gasteiger partial charge is 0.0787 e. The molecule has 0 heterocycles. The second-order valence-corrected chi connectivity index (χ2v) is 2.67. The highest BCUT2D eigenvalue weighted by Crippen LogP contribution is 2.09. The number of hydrogen-bond donors (Lipinski definition) is 0. The van der Waals surface area contributed by atoms with Crippen LogP contribution in [0.1, 0.15) is 20.3 Å². The van der Waals surface area contributed by atoms with Crippen LogP contribution in [0.25, 0.3) is 0 Å². The molecule has 0 aliphatic rings. The molecule has 0 unspecified atom stereocenters. The summed E-state index contributed by atoms with van der Waals surface area (Å²) in [5.41, 5.74) is 1.22. The van der Waals surface area contributed by atoms with E-state index in [4.69, 9.17) is 4.74 Å². The third kappa shape index (κ3) is 4.14. The van der Waals surface area contributed by atoms with Crippen LogP contribution in [0, 0.1) is 0 Å². The fourth-order valence-electron chi connectivity index (χ4n) is 1.05. The molecule has 12 heavy (non-hydrogen) atoms. The zero-order chi connectivity index (χ0) is 9.40. The van der Waals surface area contributed by atoms with Crippen LogP contribution in [0.5, 0.6) is 0 Å². The first-order valence-electron chi connectivity index (χ1n) is 4.28. The van der Waals surface area contributed by atoms with Gasteiger partial charge in [0.15, 0.2) is 0 Å². The lowest BCUT2D eigenvalue weighted by atomic mass is 10.1. The lowest BCUT2D eigenvalue weighted by molar-refractivity contribution is 0.0981. The molecule has 0 aliphatic heterocycles. The van der Waals surface area contributed by atoms with E-state index in [2.05, 4.69) is 27.0 Å². The first-order valence-corrected chi connectivity index (χ1v) is 4.28. The first kappa shape index (κ1) is 11.2. The Morgan fingerprint density at radius 1 is 1.50 bits per heavy atom. The summed E-state index contributed by atoms with van der Waals surface area (Å²) in [5, 5.41) is 0. The van der Waals surface area contributed by atoms with Crippen LogP contribution in [0.4, 0.5) is 0 Å². The lowest BCUT2D eigenvalue weighted by Gasteiger charge is -2.15. The molecule has 0 saturated carbocycles. The molecule has 0 fully saturated rings. The highest BCUT2D eigenvalue weighted by Gasteiger charge is 2.05. The van der Waals surface area contributed by atoms with E-state index in [1.165, 1.54) is 5.57 Å². The molecule has 0 radical (unpaired) electrons. The summed E-state index contributed by atoms with van der Waals surface area (Å²) in [4.78, 5) is 0. The maximum absolute atomic E-state index is 5.52. The Morgan fingerprint density at radius 2 is 2.17 bits per heavy atom. The molecular weight excluding hydrogens is 148 g/mol. The van der Waals surface area contributed by atoms with Crippen LogP contribution in [0.2, 0.25) is 0 Å². The average Bonchev–Trinajstić information content (AvgIpc) is 2.06. The maximum Gasteiger partial charge on any atom is 0.0787 e. The van der Waals surface area contributed by atoms with E-state index in [1.54, 1.807) is 12.2 Å². The van der Waals surface area contributed by atoms with E-state index in [0.717, 1.165) is 6.42 Å². The molecule has 1 nitrogen and oxygen atoms in total. The van der Waals surface area contributed by atoms with E-state index >= 15 is 0 Å². The zero-order valence-electron chi connectivity index (χ0n) is 8.05. The van der Waals surface area contributed by atoms with Gasteiger partial charge in [-0.25, -0.2) is 0 Å². The molecule has 1 heteroatoms. The van der Waals surface area contributed by atoms with Crippen molar-refractivity contribution in [1.29, 1.82) is 0 Å². The summed E-state index contributed by atoms with van der Waals surface area (Å²) in [7, 11) is 0.